The van der Waals surface area contributed by atoms with Crippen molar-refractivity contribution < 1.29 is 4.79 Å². The van der Waals surface area contributed by atoms with Crippen LogP contribution in [0, 0.1) is 0 Å². The molecule has 1 heterocycles. The van der Waals surface area contributed by atoms with E-state index in [1.54, 1.807) is 0 Å². The highest BCUT2D eigenvalue weighted by atomic mass is 16.2. The first-order chi connectivity index (χ1) is 10.7. The van der Waals surface area contributed by atoms with Crippen molar-refractivity contribution in [2.45, 2.75) is 58.5 Å². The summed E-state index contributed by atoms with van der Waals surface area (Å²) in [6, 6.07) is 11.0. The molecule has 3 nitrogen and oxygen atoms in total. The van der Waals surface area contributed by atoms with Gasteiger partial charge in [0, 0.05) is 38.6 Å². The molecule has 1 aromatic rings. The number of amides is 1. The first-order valence-electron chi connectivity index (χ1n) is 8.72. The fourth-order valence-corrected chi connectivity index (χ4v) is 3.06. The second-order valence-corrected chi connectivity index (χ2v) is 6.59. The molecule has 0 aliphatic carbocycles. The molecule has 0 spiro atoms. The van der Waals surface area contributed by atoms with Gasteiger partial charge in [0.05, 0.1) is 0 Å². The number of benzene rings is 1. The second kappa shape index (κ2) is 8.94. The van der Waals surface area contributed by atoms with Crippen LogP contribution in [-0.4, -0.2) is 41.4 Å². The zero-order chi connectivity index (χ0) is 15.8. The molecule has 3 heteroatoms. The van der Waals surface area contributed by atoms with E-state index in [0.717, 1.165) is 26.2 Å². The van der Waals surface area contributed by atoms with Crippen LogP contribution < -0.4 is 0 Å². The van der Waals surface area contributed by atoms with Gasteiger partial charge in [-0.3, -0.25) is 9.69 Å². The molecular formula is C19H30N2O. The highest BCUT2D eigenvalue weighted by Crippen LogP contribution is 2.13. The quantitative estimate of drug-likeness (QED) is 0.800. The lowest BCUT2D eigenvalue weighted by Gasteiger charge is -2.28. The average Bonchev–Trinajstić information content (AvgIpc) is 2.81. The third kappa shape index (κ3) is 5.45. The number of hydrogen-bond acceptors (Lipinski definition) is 2. The van der Waals surface area contributed by atoms with Crippen LogP contribution in [0.5, 0.6) is 0 Å². The van der Waals surface area contributed by atoms with Crippen molar-refractivity contribution in [3.63, 3.8) is 0 Å². The van der Waals surface area contributed by atoms with Gasteiger partial charge in [0.25, 0.3) is 0 Å². The molecule has 1 aromatic carbocycles. The Morgan fingerprint density at radius 2 is 1.73 bits per heavy atom. The summed E-state index contributed by atoms with van der Waals surface area (Å²) in [5.41, 5.74) is 1.32. The molecule has 1 aliphatic heterocycles. The van der Waals surface area contributed by atoms with Crippen LogP contribution >= 0.6 is 0 Å². The van der Waals surface area contributed by atoms with E-state index in [2.05, 4.69) is 47.9 Å². The van der Waals surface area contributed by atoms with Crippen LogP contribution in [0.25, 0.3) is 0 Å². The van der Waals surface area contributed by atoms with E-state index in [1.165, 1.54) is 31.2 Å². The van der Waals surface area contributed by atoms with Gasteiger partial charge < -0.3 is 4.90 Å². The van der Waals surface area contributed by atoms with E-state index < -0.39 is 0 Å². The van der Waals surface area contributed by atoms with E-state index in [1.807, 2.05) is 6.07 Å². The molecule has 1 amide bonds. The van der Waals surface area contributed by atoms with Crippen molar-refractivity contribution in [2.75, 3.05) is 19.6 Å². The zero-order valence-electron chi connectivity index (χ0n) is 14.1. The third-order valence-corrected chi connectivity index (χ3v) is 4.53. The monoisotopic (exact) mass is 302 g/mol. The normalized spacial score (nSPS) is 16.1. The van der Waals surface area contributed by atoms with E-state index >= 15 is 0 Å². The Morgan fingerprint density at radius 3 is 2.32 bits per heavy atom. The van der Waals surface area contributed by atoms with E-state index in [9.17, 15) is 4.79 Å². The van der Waals surface area contributed by atoms with Gasteiger partial charge in [-0.1, -0.05) is 43.2 Å². The smallest absolute Gasteiger partial charge is 0.223 e. The Labute approximate surface area is 135 Å². The van der Waals surface area contributed by atoms with E-state index in [4.69, 9.17) is 0 Å². The van der Waals surface area contributed by atoms with Crippen LogP contribution in [0.3, 0.4) is 0 Å². The fourth-order valence-electron chi connectivity index (χ4n) is 3.06. The van der Waals surface area contributed by atoms with Crippen LogP contribution in [0.2, 0.25) is 0 Å². The fraction of sp³-hybridized carbons (Fsp3) is 0.632. The predicted octanol–water partition coefficient (Wildman–Crippen LogP) is 3.69. The molecule has 0 saturated carbocycles. The molecule has 0 radical (unpaired) electrons. The first kappa shape index (κ1) is 17.0. The lowest BCUT2D eigenvalue weighted by atomic mass is 10.1. The summed E-state index contributed by atoms with van der Waals surface area (Å²) in [5.74, 6) is 0.334. The maximum Gasteiger partial charge on any atom is 0.223 e. The Kier molecular flexibility index (Phi) is 6.91. The predicted molar refractivity (Wildman–Crippen MR) is 91.7 cm³/mol. The number of nitrogens with zero attached hydrogens (tertiary/aromatic N) is 2. The largest absolute Gasteiger partial charge is 0.343 e. The highest BCUT2D eigenvalue weighted by Gasteiger charge is 2.17. The minimum Gasteiger partial charge on any atom is -0.343 e. The highest BCUT2D eigenvalue weighted by molar-refractivity contribution is 5.76. The average molecular weight is 302 g/mol. The topological polar surface area (TPSA) is 23.6 Å². The Bertz CT molecular complexity index is 436. The van der Waals surface area contributed by atoms with E-state index in [-0.39, 0.29) is 0 Å². The summed E-state index contributed by atoms with van der Waals surface area (Å²) in [6.07, 6.45) is 5.53. The van der Waals surface area contributed by atoms with Crippen LogP contribution in [-0.2, 0) is 11.3 Å². The van der Waals surface area contributed by atoms with Crippen molar-refractivity contribution in [3.05, 3.63) is 35.9 Å². The molecule has 1 saturated heterocycles. The number of carbonyl (C=O) groups is 1. The van der Waals surface area contributed by atoms with Gasteiger partial charge in [-0.15, -0.1) is 0 Å². The molecule has 0 N–H and O–H groups in total. The maximum atomic E-state index is 12.4. The Balaban J connectivity index is 1.84. The summed E-state index contributed by atoms with van der Waals surface area (Å²) >= 11 is 0. The summed E-state index contributed by atoms with van der Waals surface area (Å²) in [7, 11) is 0. The molecule has 0 aromatic heterocycles. The van der Waals surface area contributed by atoms with Gasteiger partial charge in [0.2, 0.25) is 5.91 Å². The van der Waals surface area contributed by atoms with Crippen LogP contribution in [0.15, 0.2) is 30.3 Å². The summed E-state index contributed by atoms with van der Waals surface area (Å²) < 4.78 is 0. The number of hydrogen-bond donors (Lipinski definition) is 0. The molecule has 1 aliphatic rings. The Morgan fingerprint density at radius 1 is 1.09 bits per heavy atom. The molecule has 2 rings (SSSR count). The standard InChI is InChI=1S/C19H30N2O/c1-17(2)21(16-18-10-6-5-7-11-18)15-12-19(22)20-13-8-3-4-9-14-20/h5-7,10-11,17H,3-4,8-9,12-16H2,1-2H3. The molecular weight excluding hydrogens is 272 g/mol. The first-order valence-corrected chi connectivity index (χ1v) is 8.72. The van der Waals surface area contributed by atoms with Gasteiger partial charge in [-0.25, -0.2) is 0 Å². The van der Waals surface area contributed by atoms with Crippen molar-refractivity contribution in [1.29, 1.82) is 0 Å². The minimum atomic E-state index is 0.334. The molecule has 0 atom stereocenters. The SMILES string of the molecule is CC(C)N(CCC(=O)N1CCCCCC1)Cc1ccccc1. The van der Waals surface area contributed by atoms with Crippen molar-refractivity contribution in [3.8, 4) is 0 Å². The van der Waals surface area contributed by atoms with Gasteiger partial charge in [-0.2, -0.15) is 0 Å². The van der Waals surface area contributed by atoms with Crippen molar-refractivity contribution in [2.24, 2.45) is 0 Å². The van der Waals surface area contributed by atoms with E-state index in [0.29, 0.717) is 18.4 Å². The second-order valence-electron chi connectivity index (χ2n) is 6.59. The summed E-state index contributed by atoms with van der Waals surface area (Å²) in [6.45, 7) is 8.10. The maximum absolute atomic E-state index is 12.4. The van der Waals surface area contributed by atoms with Crippen molar-refractivity contribution >= 4 is 5.91 Å². The molecule has 122 valence electrons. The number of rotatable bonds is 6. The van der Waals surface area contributed by atoms with Gasteiger partial charge in [-0.05, 0) is 32.3 Å². The molecule has 22 heavy (non-hydrogen) atoms. The number of carbonyl (C=O) groups excluding carboxylic acids is 1. The van der Waals surface area contributed by atoms with Crippen molar-refractivity contribution in [1.82, 2.24) is 9.80 Å². The molecule has 1 fully saturated rings. The third-order valence-electron chi connectivity index (χ3n) is 4.53. The summed E-state index contributed by atoms with van der Waals surface area (Å²) in [4.78, 5) is 16.9. The number of likely N-dealkylation sites (tertiary alicyclic amines) is 1. The van der Waals surface area contributed by atoms with Gasteiger partial charge >= 0.3 is 0 Å². The summed E-state index contributed by atoms with van der Waals surface area (Å²) in [5, 5.41) is 0. The minimum absolute atomic E-state index is 0.334. The van der Waals surface area contributed by atoms with Gasteiger partial charge in [0.15, 0.2) is 0 Å². The lowest BCUT2D eigenvalue weighted by Crippen LogP contribution is -2.37. The van der Waals surface area contributed by atoms with Gasteiger partial charge in [0.1, 0.15) is 0 Å². The Hall–Kier alpha value is -1.35. The molecule has 0 unspecified atom stereocenters. The zero-order valence-corrected chi connectivity index (χ0v) is 14.1. The van der Waals surface area contributed by atoms with Crippen LogP contribution in [0.1, 0.15) is 51.5 Å². The lowest BCUT2D eigenvalue weighted by molar-refractivity contribution is -0.131. The van der Waals surface area contributed by atoms with Crippen LogP contribution in [0.4, 0.5) is 0 Å². The molecule has 0 bridgehead atoms.